The van der Waals surface area contributed by atoms with E-state index in [4.69, 9.17) is 4.42 Å². The van der Waals surface area contributed by atoms with Crippen molar-refractivity contribution in [2.75, 3.05) is 44.4 Å². The van der Waals surface area contributed by atoms with Gasteiger partial charge in [-0.3, -0.25) is 9.59 Å². The van der Waals surface area contributed by atoms with Crippen LogP contribution in [0.5, 0.6) is 0 Å². The lowest BCUT2D eigenvalue weighted by Gasteiger charge is -2.46. The number of anilines is 2. The number of likely N-dealkylation sites (tertiary alicyclic amines) is 1. The van der Waals surface area contributed by atoms with Crippen LogP contribution in [0.15, 0.2) is 71.3 Å². The van der Waals surface area contributed by atoms with Crippen LogP contribution in [0.2, 0.25) is 0 Å². The van der Waals surface area contributed by atoms with Gasteiger partial charge in [0.15, 0.2) is 0 Å². The highest BCUT2D eigenvalue weighted by Gasteiger charge is 2.60. The molecule has 1 saturated heterocycles. The van der Waals surface area contributed by atoms with E-state index in [0.29, 0.717) is 25.0 Å². The summed E-state index contributed by atoms with van der Waals surface area (Å²) in [5.41, 5.74) is 4.35. The summed E-state index contributed by atoms with van der Waals surface area (Å²) in [7, 11) is 6.05. The fourth-order valence-corrected chi connectivity index (χ4v) is 7.43. The summed E-state index contributed by atoms with van der Waals surface area (Å²) in [6, 6.07) is 20.0. The van der Waals surface area contributed by atoms with Crippen molar-refractivity contribution in [3.63, 3.8) is 0 Å². The molecule has 0 bridgehead atoms. The van der Waals surface area contributed by atoms with E-state index in [-0.39, 0.29) is 35.6 Å². The summed E-state index contributed by atoms with van der Waals surface area (Å²) >= 11 is 0. The Kier molecular flexibility index (Phi) is 7.82. The molecule has 8 nitrogen and oxygen atoms in total. The van der Waals surface area contributed by atoms with E-state index in [1.54, 1.807) is 6.26 Å². The van der Waals surface area contributed by atoms with E-state index in [1.165, 1.54) is 10.9 Å². The Hall–Kier alpha value is -4.04. The molecule has 44 heavy (non-hydrogen) atoms. The molecule has 0 spiro atoms. The number of piperidine rings is 1. The van der Waals surface area contributed by atoms with E-state index in [9.17, 15) is 9.59 Å². The van der Waals surface area contributed by atoms with Crippen molar-refractivity contribution in [1.82, 2.24) is 14.8 Å². The van der Waals surface area contributed by atoms with Gasteiger partial charge in [-0.25, -0.2) is 0 Å². The molecule has 2 aromatic carbocycles. The van der Waals surface area contributed by atoms with Crippen LogP contribution in [-0.4, -0.2) is 66.4 Å². The van der Waals surface area contributed by atoms with Crippen molar-refractivity contribution < 1.29 is 14.0 Å². The van der Waals surface area contributed by atoms with E-state index >= 15 is 0 Å². The number of aryl methyl sites for hydroxylation is 1. The first kappa shape index (κ1) is 30.0. The molecule has 1 saturated carbocycles. The van der Waals surface area contributed by atoms with E-state index < -0.39 is 5.54 Å². The number of amides is 2. The second kappa shape index (κ2) is 11.5. The average Bonchev–Trinajstić information content (AvgIpc) is 3.37. The number of nitrogens with zero attached hydrogens (tertiary/aromatic N) is 3. The van der Waals surface area contributed by atoms with E-state index in [2.05, 4.69) is 67.3 Å². The molecule has 4 aromatic rings. The highest BCUT2D eigenvalue weighted by atomic mass is 16.3. The number of aromatic nitrogens is 1. The summed E-state index contributed by atoms with van der Waals surface area (Å²) in [4.78, 5) is 38.7. The zero-order valence-electron chi connectivity index (χ0n) is 26.8. The van der Waals surface area contributed by atoms with Gasteiger partial charge in [-0.1, -0.05) is 32.0 Å². The number of furan rings is 1. The highest BCUT2D eigenvalue weighted by molar-refractivity contribution is 6.01. The van der Waals surface area contributed by atoms with Gasteiger partial charge in [-0.15, -0.1) is 0 Å². The number of fused-ring (bicyclic) bond motifs is 1. The maximum absolute atomic E-state index is 14.6. The molecule has 1 aliphatic carbocycles. The number of H-pyrrole nitrogens is 1. The third-order valence-corrected chi connectivity index (χ3v) is 10.3. The summed E-state index contributed by atoms with van der Waals surface area (Å²) < 4.78 is 5.77. The summed E-state index contributed by atoms with van der Waals surface area (Å²) in [6.45, 7) is 8.37. The van der Waals surface area contributed by atoms with Crippen LogP contribution in [0.1, 0.15) is 56.0 Å². The van der Waals surface area contributed by atoms with Gasteiger partial charge in [0, 0.05) is 61.6 Å². The van der Waals surface area contributed by atoms with Crippen molar-refractivity contribution in [3.05, 3.63) is 83.9 Å². The molecule has 2 N–H and O–H groups in total. The van der Waals surface area contributed by atoms with Crippen LogP contribution < -0.4 is 10.2 Å². The Morgan fingerprint density at radius 1 is 1.02 bits per heavy atom. The van der Waals surface area contributed by atoms with Gasteiger partial charge in [0.2, 0.25) is 11.8 Å². The van der Waals surface area contributed by atoms with Crippen LogP contribution in [0.3, 0.4) is 0 Å². The van der Waals surface area contributed by atoms with E-state index in [1.807, 2.05) is 60.3 Å². The van der Waals surface area contributed by atoms with Gasteiger partial charge in [-0.05, 0) is 92.1 Å². The molecule has 2 aromatic heterocycles. The molecule has 0 radical (unpaired) electrons. The van der Waals surface area contributed by atoms with E-state index in [0.717, 1.165) is 35.7 Å². The molecule has 6 rings (SSSR count). The molecule has 2 fully saturated rings. The Morgan fingerprint density at radius 2 is 1.73 bits per heavy atom. The first-order chi connectivity index (χ1) is 21.0. The molecular weight excluding hydrogens is 550 g/mol. The number of hydrogen-bond donors (Lipinski definition) is 2. The van der Waals surface area contributed by atoms with Crippen LogP contribution >= 0.6 is 0 Å². The standard InChI is InChI=1S/C36H45N5O3/c1-24-32(28-11-7-8-12-30(28)37-24)33-29(35(33,2)3)22-31(42)41(23-27-10-9-21-44-27)36(17-19-40(6)20-18-36)34(43)38-25-13-15-26(16-14-25)39(4)5/h7-16,21,29,33,37H,17-20,22-23H2,1-6H3,(H,38,43)/t29-,33-/m1/s1. The summed E-state index contributed by atoms with van der Waals surface area (Å²) in [6.07, 6.45) is 3.11. The Morgan fingerprint density at radius 3 is 2.39 bits per heavy atom. The minimum absolute atomic E-state index is 0.00197. The maximum Gasteiger partial charge on any atom is 0.250 e. The molecule has 8 heteroatoms. The third kappa shape index (κ3) is 5.40. The van der Waals surface area contributed by atoms with Crippen LogP contribution in [0, 0.1) is 18.3 Å². The van der Waals surface area contributed by atoms with Crippen LogP contribution in [0.25, 0.3) is 10.9 Å². The molecule has 1 aliphatic heterocycles. The average molecular weight is 596 g/mol. The topological polar surface area (TPSA) is 84.8 Å². The monoisotopic (exact) mass is 595 g/mol. The third-order valence-electron chi connectivity index (χ3n) is 10.3. The van der Waals surface area contributed by atoms with Gasteiger partial charge in [0.25, 0.3) is 0 Å². The molecule has 232 valence electrons. The zero-order chi connectivity index (χ0) is 31.2. The fourth-order valence-electron chi connectivity index (χ4n) is 7.43. The SMILES string of the molecule is Cc1[nH]c2ccccc2c1[C@H]1[C@@H](CC(=O)N(Cc2ccco2)C2(C(=O)Nc3ccc(N(C)C)cc3)CCN(C)CC2)C1(C)C. The minimum Gasteiger partial charge on any atom is -0.467 e. The zero-order valence-corrected chi connectivity index (χ0v) is 26.8. The molecule has 2 aliphatic rings. The lowest BCUT2D eigenvalue weighted by atomic mass is 9.83. The molecule has 3 heterocycles. The maximum atomic E-state index is 14.6. The van der Waals surface area contributed by atoms with Gasteiger partial charge in [-0.2, -0.15) is 0 Å². The van der Waals surface area contributed by atoms with Crippen LogP contribution in [-0.2, 0) is 16.1 Å². The number of aromatic amines is 1. The van der Waals surface area contributed by atoms with Gasteiger partial charge in [0.05, 0.1) is 12.8 Å². The largest absolute Gasteiger partial charge is 0.467 e. The number of para-hydroxylation sites is 1. The number of carbonyl (C=O) groups is 2. The van der Waals surface area contributed by atoms with Gasteiger partial charge in [0.1, 0.15) is 11.3 Å². The van der Waals surface area contributed by atoms with Gasteiger partial charge < -0.3 is 29.4 Å². The fraction of sp³-hybridized carbons (Fsp3) is 0.444. The van der Waals surface area contributed by atoms with Crippen molar-refractivity contribution in [1.29, 1.82) is 0 Å². The summed E-state index contributed by atoms with van der Waals surface area (Å²) in [5.74, 6) is 0.964. The molecule has 2 amide bonds. The van der Waals surface area contributed by atoms with Crippen LogP contribution in [0.4, 0.5) is 11.4 Å². The number of nitrogens with one attached hydrogen (secondary N) is 2. The number of carbonyl (C=O) groups excluding carboxylic acids is 2. The molecule has 0 unspecified atom stereocenters. The summed E-state index contributed by atoms with van der Waals surface area (Å²) in [5, 5.41) is 4.42. The predicted octanol–water partition coefficient (Wildman–Crippen LogP) is 6.40. The first-order valence-electron chi connectivity index (χ1n) is 15.7. The Balaban J connectivity index is 1.31. The van der Waals surface area contributed by atoms with Crippen molar-refractivity contribution in [2.24, 2.45) is 11.3 Å². The Labute approximate surface area is 260 Å². The Bertz CT molecular complexity index is 1630. The first-order valence-corrected chi connectivity index (χ1v) is 15.7. The highest BCUT2D eigenvalue weighted by Crippen LogP contribution is 2.67. The van der Waals surface area contributed by atoms with Gasteiger partial charge >= 0.3 is 0 Å². The lowest BCUT2D eigenvalue weighted by Crippen LogP contribution is -2.62. The van der Waals surface area contributed by atoms with Crippen molar-refractivity contribution in [3.8, 4) is 0 Å². The number of benzene rings is 2. The number of rotatable bonds is 9. The van der Waals surface area contributed by atoms with Crippen molar-refractivity contribution >= 4 is 34.1 Å². The normalized spacial score (nSPS) is 20.8. The quantitative estimate of drug-likeness (QED) is 0.234. The smallest absolute Gasteiger partial charge is 0.250 e. The second-order valence-corrected chi connectivity index (χ2v) is 13.6. The molecule has 2 atom stereocenters. The lowest BCUT2D eigenvalue weighted by molar-refractivity contribution is -0.150. The molecular formula is C36H45N5O3. The predicted molar refractivity (Wildman–Crippen MR) is 176 cm³/mol. The minimum atomic E-state index is -0.998. The second-order valence-electron chi connectivity index (χ2n) is 13.6. The number of hydrogen-bond acceptors (Lipinski definition) is 5. The van der Waals surface area contributed by atoms with Crippen molar-refractivity contribution in [2.45, 2.75) is 58.0 Å².